The Morgan fingerprint density at radius 3 is 2.59 bits per heavy atom. The molecule has 0 amide bonds. The number of carboxylic acid groups (broad SMARTS) is 1. The first kappa shape index (κ1) is 14.1. The van der Waals surface area contributed by atoms with E-state index in [0.717, 1.165) is 22.5 Å². The Morgan fingerprint density at radius 2 is 1.91 bits per heavy atom. The van der Waals surface area contributed by atoms with Gasteiger partial charge in [0.25, 0.3) is 0 Å². The molecule has 0 bridgehead atoms. The normalized spacial score (nSPS) is 10.6. The largest absolute Gasteiger partial charge is 0.481 e. The van der Waals surface area contributed by atoms with Crippen LogP contribution in [-0.4, -0.2) is 20.9 Å². The highest BCUT2D eigenvalue weighted by Gasteiger charge is 2.14. The molecule has 22 heavy (non-hydrogen) atoms. The summed E-state index contributed by atoms with van der Waals surface area (Å²) in [6, 6.07) is 17.6. The van der Waals surface area contributed by atoms with Gasteiger partial charge in [-0.2, -0.15) is 5.10 Å². The second kappa shape index (κ2) is 5.85. The summed E-state index contributed by atoms with van der Waals surface area (Å²) in [5.41, 5.74) is 4.39. The molecular weight excluding hydrogens is 276 g/mol. The van der Waals surface area contributed by atoms with Gasteiger partial charge in [0, 0.05) is 17.3 Å². The molecule has 0 radical (unpaired) electrons. The third kappa shape index (κ3) is 2.91. The molecule has 3 rings (SSSR count). The molecule has 1 N–H and O–H groups in total. The lowest BCUT2D eigenvalue weighted by molar-refractivity contribution is -0.136. The summed E-state index contributed by atoms with van der Waals surface area (Å²) in [6.45, 7) is 2.01. The van der Waals surface area contributed by atoms with E-state index in [1.807, 2.05) is 61.5 Å². The first-order valence-electron chi connectivity index (χ1n) is 7.06. The summed E-state index contributed by atoms with van der Waals surface area (Å²) >= 11 is 0. The highest BCUT2D eigenvalue weighted by atomic mass is 16.4. The van der Waals surface area contributed by atoms with E-state index in [1.165, 1.54) is 0 Å². The van der Waals surface area contributed by atoms with Crippen LogP contribution in [-0.2, 0) is 11.2 Å². The molecule has 0 aliphatic rings. The van der Waals surface area contributed by atoms with E-state index >= 15 is 0 Å². The molecule has 1 aromatic heterocycles. The predicted molar refractivity (Wildman–Crippen MR) is 85.1 cm³/mol. The second-order valence-electron chi connectivity index (χ2n) is 5.22. The number of hydrogen-bond donors (Lipinski definition) is 1. The van der Waals surface area contributed by atoms with Gasteiger partial charge in [-0.1, -0.05) is 42.0 Å². The molecule has 0 unspecified atom stereocenters. The van der Waals surface area contributed by atoms with Gasteiger partial charge in [0.2, 0.25) is 0 Å². The number of carboxylic acids is 1. The Labute approximate surface area is 128 Å². The third-order valence-corrected chi connectivity index (χ3v) is 3.44. The summed E-state index contributed by atoms with van der Waals surface area (Å²) in [4.78, 5) is 11.1. The number of aromatic nitrogens is 2. The molecule has 0 saturated heterocycles. The van der Waals surface area contributed by atoms with Crippen LogP contribution < -0.4 is 0 Å². The predicted octanol–water partition coefficient (Wildman–Crippen LogP) is 3.47. The molecule has 0 atom stereocenters. The van der Waals surface area contributed by atoms with Crippen molar-refractivity contribution in [2.45, 2.75) is 13.3 Å². The maximum atomic E-state index is 11.1. The highest BCUT2D eigenvalue weighted by molar-refractivity contribution is 5.75. The van der Waals surface area contributed by atoms with E-state index in [-0.39, 0.29) is 6.42 Å². The lowest BCUT2D eigenvalue weighted by atomic mass is 10.0. The van der Waals surface area contributed by atoms with Gasteiger partial charge >= 0.3 is 5.97 Å². The highest BCUT2D eigenvalue weighted by Crippen LogP contribution is 2.25. The number of carbonyl (C=O) groups is 1. The molecule has 3 aromatic rings. The van der Waals surface area contributed by atoms with Crippen LogP contribution in [0.1, 0.15) is 11.1 Å². The number of rotatable bonds is 4. The van der Waals surface area contributed by atoms with Crippen LogP contribution >= 0.6 is 0 Å². The third-order valence-electron chi connectivity index (χ3n) is 3.44. The average Bonchev–Trinajstić information content (AvgIpc) is 2.91. The van der Waals surface area contributed by atoms with Gasteiger partial charge in [-0.15, -0.1) is 0 Å². The Balaban J connectivity index is 2.11. The van der Waals surface area contributed by atoms with Crippen molar-refractivity contribution in [3.63, 3.8) is 0 Å². The molecule has 0 fully saturated rings. The number of nitrogens with zero attached hydrogens (tertiary/aromatic N) is 2. The molecule has 0 saturated carbocycles. The Morgan fingerprint density at radius 1 is 1.14 bits per heavy atom. The average molecular weight is 292 g/mol. The summed E-state index contributed by atoms with van der Waals surface area (Å²) in [5.74, 6) is -0.860. The van der Waals surface area contributed by atoms with Gasteiger partial charge in [0.15, 0.2) is 0 Å². The maximum Gasteiger partial charge on any atom is 0.307 e. The summed E-state index contributed by atoms with van der Waals surface area (Å²) in [7, 11) is 0. The standard InChI is InChI=1S/C18H16N2O2/c1-13-6-5-7-14(10-13)18-15(11-17(21)22)12-20(19-18)16-8-3-2-4-9-16/h2-10,12H,11H2,1H3,(H,21,22). The SMILES string of the molecule is Cc1cccc(-c2nn(-c3ccccc3)cc2CC(=O)O)c1. The van der Waals surface area contributed by atoms with Crippen LogP contribution in [0.3, 0.4) is 0 Å². The molecule has 4 heteroatoms. The molecule has 0 aliphatic carbocycles. The van der Waals surface area contributed by atoms with Crippen LogP contribution in [0.5, 0.6) is 0 Å². The summed E-state index contributed by atoms with van der Waals surface area (Å²) < 4.78 is 1.73. The monoisotopic (exact) mass is 292 g/mol. The van der Waals surface area contributed by atoms with Gasteiger partial charge in [0.1, 0.15) is 0 Å². The first-order chi connectivity index (χ1) is 10.6. The zero-order valence-corrected chi connectivity index (χ0v) is 12.2. The van der Waals surface area contributed by atoms with Crippen LogP contribution in [0.25, 0.3) is 16.9 Å². The van der Waals surface area contributed by atoms with Crippen molar-refractivity contribution in [2.24, 2.45) is 0 Å². The second-order valence-corrected chi connectivity index (χ2v) is 5.22. The Hall–Kier alpha value is -2.88. The van der Waals surface area contributed by atoms with E-state index in [4.69, 9.17) is 5.11 Å². The number of hydrogen-bond acceptors (Lipinski definition) is 2. The van der Waals surface area contributed by atoms with Crippen molar-refractivity contribution in [3.05, 3.63) is 71.9 Å². The van der Waals surface area contributed by atoms with Crippen molar-refractivity contribution in [1.82, 2.24) is 9.78 Å². The maximum absolute atomic E-state index is 11.1. The van der Waals surface area contributed by atoms with E-state index in [9.17, 15) is 4.79 Å². The fraction of sp³-hybridized carbons (Fsp3) is 0.111. The van der Waals surface area contributed by atoms with Crippen LogP contribution in [0, 0.1) is 6.92 Å². The minimum atomic E-state index is -0.860. The smallest absolute Gasteiger partial charge is 0.307 e. The lowest BCUT2D eigenvalue weighted by Crippen LogP contribution is -2.00. The van der Waals surface area contributed by atoms with Crippen molar-refractivity contribution >= 4 is 5.97 Å². The van der Waals surface area contributed by atoms with Gasteiger partial charge in [0.05, 0.1) is 17.8 Å². The summed E-state index contributed by atoms with van der Waals surface area (Å²) in [6.07, 6.45) is 1.75. The van der Waals surface area contributed by atoms with E-state index in [1.54, 1.807) is 10.9 Å². The van der Waals surface area contributed by atoms with E-state index < -0.39 is 5.97 Å². The van der Waals surface area contributed by atoms with Crippen LogP contribution in [0.4, 0.5) is 0 Å². The van der Waals surface area contributed by atoms with Crippen LogP contribution in [0.2, 0.25) is 0 Å². The van der Waals surface area contributed by atoms with Crippen molar-refractivity contribution in [2.75, 3.05) is 0 Å². The fourth-order valence-electron chi connectivity index (χ4n) is 2.45. The number of benzene rings is 2. The molecular formula is C18H16N2O2. The molecule has 1 heterocycles. The van der Waals surface area contributed by atoms with Crippen LogP contribution in [0.15, 0.2) is 60.8 Å². The first-order valence-corrected chi connectivity index (χ1v) is 7.06. The summed E-state index contributed by atoms with van der Waals surface area (Å²) in [5, 5.41) is 13.7. The number of aliphatic carboxylic acids is 1. The quantitative estimate of drug-likeness (QED) is 0.801. The van der Waals surface area contributed by atoms with Crippen molar-refractivity contribution in [3.8, 4) is 16.9 Å². The van der Waals surface area contributed by atoms with Gasteiger partial charge in [-0.3, -0.25) is 4.79 Å². The van der Waals surface area contributed by atoms with Crippen molar-refractivity contribution in [1.29, 1.82) is 0 Å². The minimum absolute atomic E-state index is 0.0455. The number of para-hydroxylation sites is 1. The lowest BCUT2D eigenvalue weighted by Gasteiger charge is -2.02. The Bertz CT molecular complexity index is 807. The molecule has 110 valence electrons. The van der Waals surface area contributed by atoms with E-state index in [0.29, 0.717) is 5.56 Å². The zero-order chi connectivity index (χ0) is 15.5. The van der Waals surface area contributed by atoms with Gasteiger partial charge in [-0.25, -0.2) is 4.68 Å². The number of aryl methyl sites for hydroxylation is 1. The van der Waals surface area contributed by atoms with Gasteiger partial charge in [-0.05, 0) is 25.1 Å². The molecule has 0 aliphatic heterocycles. The molecule has 0 spiro atoms. The van der Waals surface area contributed by atoms with Gasteiger partial charge < -0.3 is 5.11 Å². The fourth-order valence-corrected chi connectivity index (χ4v) is 2.45. The minimum Gasteiger partial charge on any atom is -0.481 e. The topological polar surface area (TPSA) is 55.1 Å². The zero-order valence-electron chi connectivity index (χ0n) is 12.2. The molecule has 2 aromatic carbocycles. The van der Waals surface area contributed by atoms with Crippen molar-refractivity contribution < 1.29 is 9.90 Å². The molecule has 4 nitrogen and oxygen atoms in total. The van der Waals surface area contributed by atoms with E-state index in [2.05, 4.69) is 5.10 Å². The Kier molecular flexibility index (Phi) is 3.74.